The van der Waals surface area contributed by atoms with Gasteiger partial charge in [0.25, 0.3) is 0 Å². The molecular weight excluding hydrogens is 344 g/mol. The highest BCUT2D eigenvalue weighted by Crippen LogP contribution is 2.44. The van der Waals surface area contributed by atoms with Crippen LogP contribution in [0.2, 0.25) is 0 Å². The van der Waals surface area contributed by atoms with Crippen molar-refractivity contribution >= 4 is 0 Å². The first kappa shape index (κ1) is 19.2. The molecule has 1 nitrogen and oxygen atoms in total. The first-order chi connectivity index (χ1) is 12.4. The van der Waals surface area contributed by atoms with Crippen LogP contribution >= 0.6 is 0 Å². The van der Waals surface area contributed by atoms with Gasteiger partial charge in [-0.1, -0.05) is 12.1 Å². The molecule has 5 heteroatoms. The van der Waals surface area contributed by atoms with Crippen molar-refractivity contribution in [3.8, 4) is 5.75 Å². The molecule has 1 aromatic rings. The molecule has 2 aliphatic carbocycles. The fraction of sp³-hybridized carbons (Fsp3) is 0.619. The lowest BCUT2D eigenvalue weighted by Crippen LogP contribution is -2.25. The molecule has 0 N–H and O–H groups in total. The van der Waals surface area contributed by atoms with Crippen molar-refractivity contribution in [3.05, 3.63) is 42.2 Å². The van der Waals surface area contributed by atoms with Crippen LogP contribution in [0.15, 0.2) is 30.9 Å². The highest BCUT2D eigenvalue weighted by atomic mass is 19.4. The summed E-state index contributed by atoms with van der Waals surface area (Å²) < 4.78 is 54.4. The van der Waals surface area contributed by atoms with Gasteiger partial charge in [0, 0.05) is 0 Å². The number of rotatable bonds is 4. The van der Waals surface area contributed by atoms with Crippen molar-refractivity contribution in [1.29, 1.82) is 0 Å². The van der Waals surface area contributed by atoms with Crippen LogP contribution in [-0.2, 0) is 0 Å². The molecular formula is C21H26F4O. The SMILES string of the molecule is C=CC1CCC(C2CCC(c3ccc(OC(F)(F)F)c(F)c3)CC2)CC1. The number of hydrogen-bond donors (Lipinski definition) is 0. The summed E-state index contributed by atoms with van der Waals surface area (Å²) >= 11 is 0. The molecule has 26 heavy (non-hydrogen) atoms. The molecule has 0 aliphatic heterocycles. The molecule has 0 amide bonds. The Balaban J connectivity index is 1.55. The summed E-state index contributed by atoms with van der Waals surface area (Å²) in [5, 5.41) is 0. The molecule has 2 fully saturated rings. The van der Waals surface area contributed by atoms with E-state index in [0.29, 0.717) is 5.92 Å². The first-order valence-corrected chi connectivity index (χ1v) is 9.53. The van der Waals surface area contributed by atoms with Crippen LogP contribution in [0.3, 0.4) is 0 Å². The molecule has 0 bridgehead atoms. The van der Waals surface area contributed by atoms with E-state index in [4.69, 9.17) is 0 Å². The predicted octanol–water partition coefficient (Wildman–Crippen LogP) is 6.99. The molecule has 0 radical (unpaired) electrons. The van der Waals surface area contributed by atoms with Gasteiger partial charge in [0.15, 0.2) is 11.6 Å². The van der Waals surface area contributed by atoms with Gasteiger partial charge in [-0.3, -0.25) is 0 Å². The number of benzene rings is 1. The van der Waals surface area contributed by atoms with Crippen molar-refractivity contribution in [2.24, 2.45) is 17.8 Å². The third kappa shape index (κ3) is 4.80. The van der Waals surface area contributed by atoms with Crippen LogP contribution in [0.4, 0.5) is 17.6 Å². The highest BCUT2D eigenvalue weighted by Gasteiger charge is 2.33. The molecule has 2 saturated carbocycles. The second-order valence-corrected chi connectivity index (χ2v) is 7.76. The summed E-state index contributed by atoms with van der Waals surface area (Å²) in [6.45, 7) is 3.90. The number of hydrogen-bond acceptors (Lipinski definition) is 1. The Morgan fingerprint density at radius 2 is 1.50 bits per heavy atom. The Hall–Kier alpha value is -1.52. The van der Waals surface area contributed by atoms with Crippen molar-refractivity contribution < 1.29 is 22.3 Å². The zero-order valence-electron chi connectivity index (χ0n) is 14.9. The van der Waals surface area contributed by atoms with E-state index in [1.165, 1.54) is 31.7 Å². The van der Waals surface area contributed by atoms with E-state index in [-0.39, 0.29) is 5.92 Å². The van der Waals surface area contributed by atoms with Gasteiger partial charge in [-0.25, -0.2) is 4.39 Å². The number of alkyl halides is 3. The minimum atomic E-state index is -4.87. The van der Waals surface area contributed by atoms with E-state index in [1.807, 2.05) is 0 Å². The fourth-order valence-electron chi connectivity index (χ4n) is 4.75. The second kappa shape index (κ2) is 8.01. The molecule has 2 aliphatic rings. The quantitative estimate of drug-likeness (QED) is 0.410. The minimum absolute atomic E-state index is 0.227. The average molecular weight is 370 g/mol. The summed E-state index contributed by atoms with van der Waals surface area (Å²) in [5.41, 5.74) is 0.783. The number of halogens is 4. The third-order valence-electron chi connectivity index (χ3n) is 6.24. The fourth-order valence-corrected chi connectivity index (χ4v) is 4.75. The Morgan fingerprint density at radius 1 is 0.923 bits per heavy atom. The van der Waals surface area contributed by atoms with Crippen molar-refractivity contribution in [2.75, 3.05) is 0 Å². The van der Waals surface area contributed by atoms with E-state index in [9.17, 15) is 17.6 Å². The van der Waals surface area contributed by atoms with Gasteiger partial charge in [-0.2, -0.15) is 0 Å². The van der Waals surface area contributed by atoms with Crippen LogP contribution in [0.5, 0.6) is 5.75 Å². The van der Waals surface area contributed by atoms with Crippen LogP contribution in [0, 0.1) is 23.6 Å². The zero-order valence-corrected chi connectivity index (χ0v) is 14.9. The van der Waals surface area contributed by atoms with Crippen LogP contribution in [0.25, 0.3) is 0 Å². The molecule has 0 aromatic heterocycles. The van der Waals surface area contributed by atoms with Gasteiger partial charge in [0.05, 0.1) is 0 Å². The second-order valence-electron chi connectivity index (χ2n) is 7.76. The zero-order chi connectivity index (χ0) is 18.7. The molecule has 0 heterocycles. The molecule has 3 rings (SSSR count). The van der Waals surface area contributed by atoms with Crippen LogP contribution < -0.4 is 4.74 Å². The Bertz CT molecular complexity index is 609. The van der Waals surface area contributed by atoms with Gasteiger partial charge in [-0.05, 0) is 92.7 Å². The maximum absolute atomic E-state index is 13.9. The van der Waals surface area contributed by atoms with E-state index < -0.39 is 17.9 Å². The molecule has 0 unspecified atom stereocenters. The van der Waals surface area contributed by atoms with E-state index in [0.717, 1.165) is 49.1 Å². The Morgan fingerprint density at radius 3 is 2.00 bits per heavy atom. The van der Waals surface area contributed by atoms with Gasteiger partial charge < -0.3 is 4.74 Å². The Labute approximate surface area is 152 Å². The van der Waals surface area contributed by atoms with Gasteiger partial charge in [-0.15, -0.1) is 19.8 Å². The summed E-state index contributed by atoms with van der Waals surface area (Å²) in [7, 11) is 0. The molecule has 0 atom stereocenters. The minimum Gasteiger partial charge on any atom is -0.403 e. The molecule has 0 spiro atoms. The van der Waals surface area contributed by atoms with E-state index in [2.05, 4.69) is 17.4 Å². The van der Waals surface area contributed by atoms with Crippen LogP contribution in [-0.4, -0.2) is 6.36 Å². The summed E-state index contributed by atoms with van der Waals surface area (Å²) in [6, 6.07) is 3.88. The van der Waals surface area contributed by atoms with Crippen molar-refractivity contribution in [1.82, 2.24) is 0 Å². The predicted molar refractivity (Wildman–Crippen MR) is 93.4 cm³/mol. The highest BCUT2D eigenvalue weighted by molar-refractivity contribution is 5.31. The Kier molecular flexibility index (Phi) is 5.93. The maximum atomic E-state index is 13.9. The van der Waals surface area contributed by atoms with E-state index in [1.54, 1.807) is 6.07 Å². The summed E-state index contributed by atoms with van der Waals surface area (Å²) in [6.07, 6.45) is 6.41. The molecule has 1 aromatic carbocycles. The van der Waals surface area contributed by atoms with Gasteiger partial charge >= 0.3 is 6.36 Å². The first-order valence-electron chi connectivity index (χ1n) is 9.53. The van der Waals surface area contributed by atoms with Crippen molar-refractivity contribution in [2.45, 2.75) is 63.6 Å². The lowest BCUT2D eigenvalue weighted by Gasteiger charge is -2.37. The third-order valence-corrected chi connectivity index (χ3v) is 6.24. The lowest BCUT2D eigenvalue weighted by atomic mass is 9.68. The molecule has 144 valence electrons. The largest absolute Gasteiger partial charge is 0.573 e. The smallest absolute Gasteiger partial charge is 0.403 e. The topological polar surface area (TPSA) is 9.23 Å². The average Bonchev–Trinajstić information content (AvgIpc) is 2.63. The normalized spacial score (nSPS) is 30.0. The van der Waals surface area contributed by atoms with Crippen molar-refractivity contribution in [3.63, 3.8) is 0 Å². The monoisotopic (exact) mass is 370 g/mol. The number of ether oxygens (including phenoxy) is 1. The van der Waals surface area contributed by atoms with E-state index >= 15 is 0 Å². The standard InChI is InChI=1S/C21H26F4O/c1-2-14-3-5-15(6-4-14)16-7-9-17(10-8-16)18-11-12-20(19(22)13-18)26-21(23,24)25/h2,11-17H,1,3-10H2. The van der Waals surface area contributed by atoms with Crippen LogP contribution in [0.1, 0.15) is 62.8 Å². The lowest BCUT2D eigenvalue weighted by molar-refractivity contribution is -0.275. The van der Waals surface area contributed by atoms with Gasteiger partial charge in [0.2, 0.25) is 0 Å². The number of allylic oxidation sites excluding steroid dienone is 1. The maximum Gasteiger partial charge on any atom is 0.573 e. The molecule has 0 saturated heterocycles. The summed E-state index contributed by atoms with van der Waals surface area (Å²) in [5.74, 6) is 0.716. The van der Waals surface area contributed by atoms with Gasteiger partial charge in [0.1, 0.15) is 0 Å². The summed E-state index contributed by atoms with van der Waals surface area (Å²) in [4.78, 5) is 0.